The molecule has 2 heterocycles. The van der Waals surface area contributed by atoms with Crippen LogP contribution in [0.1, 0.15) is 15.9 Å². The predicted molar refractivity (Wildman–Crippen MR) is 111 cm³/mol. The monoisotopic (exact) mass is 390 g/mol. The smallest absolute Gasteiger partial charge is 0.251 e. The molecule has 0 aliphatic rings. The SMILES string of the molecule is Cc1ccc(C(=O)NCC(=O)Nc2ccc(-c3cn4ccsc4n3)cc2)cc1. The lowest BCUT2D eigenvalue weighted by molar-refractivity contribution is -0.115. The number of aryl methyl sites for hydroxylation is 1. The lowest BCUT2D eigenvalue weighted by Crippen LogP contribution is -2.32. The number of amides is 2. The second-order valence-corrected chi connectivity index (χ2v) is 7.27. The van der Waals surface area contributed by atoms with E-state index < -0.39 is 0 Å². The molecule has 6 nitrogen and oxygen atoms in total. The number of carbonyl (C=O) groups is 2. The summed E-state index contributed by atoms with van der Waals surface area (Å²) in [6, 6.07) is 14.7. The number of carbonyl (C=O) groups excluding carboxylic acids is 2. The van der Waals surface area contributed by atoms with Crippen LogP contribution in [-0.2, 0) is 4.79 Å². The Labute approximate surface area is 165 Å². The average molecular weight is 390 g/mol. The first-order valence-electron chi connectivity index (χ1n) is 8.76. The minimum Gasteiger partial charge on any atom is -0.343 e. The number of anilines is 1. The number of fused-ring (bicyclic) bond motifs is 1. The van der Waals surface area contributed by atoms with Gasteiger partial charge in [0.2, 0.25) is 5.91 Å². The summed E-state index contributed by atoms with van der Waals surface area (Å²) in [5.74, 6) is -0.555. The molecule has 2 N–H and O–H groups in total. The molecule has 0 bridgehead atoms. The van der Waals surface area contributed by atoms with Gasteiger partial charge in [-0.05, 0) is 31.2 Å². The molecule has 0 atom stereocenters. The number of nitrogens with zero attached hydrogens (tertiary/aromatic N) is 2. The van der Waals surface area contributed by atoms with Crippen LogP contribution in [0.5, 0.6) is 0 Å². The van der Waals surface area contributed by atoms with E-state index in [0.717, 1.165) is 21.8 Å². The molecule has 140 valence electrons. The lowest BCUT2D eigenvalue weighted by Gasteiger charge is -2.08. The molecule has 28 heavy (non-hydrogen) atoms. The van der Waals surface area contributed by atoms with Crippen LogP contribution in [0, 0.1) is 6.92 Å². The Morgan fingerprint density at radius 3 is 2.54 bits per heavy atom. The van der Waals surface area contributed by atoms with Gasteiger partial charge in [0.25, 0.3) is 5.91 Å². The molecule has 4 aromatic rings. The summed E-state index contributed by atoms with van der Waals surface area (Å²) in [5.41, 5.74) is 4.13. The van der Waals surface area contributed by atoms with Crippen molar-refractivity contribution in [3.8, 4) is 11.3 Å². The second-order valence-electron chi connectivity index (χ2n) is 6.39. The predicted octanol–water partition coefficient (Wildman–Crippen LogP) is 3.74. The van der Waals surface area contributed by atoms with Crippen LogP contribution < -0.4 is 10.6 Å². The van der Waals surface area contributed by atoms with Crippen molar-refractivity contribution in [3.63, 3.8) is 0 Å². The van der Waals surface area contributed by atoms with Crippen molar-refractivity contribution in [2.75, 3.05) is 11.9 Å². The molecule has 0 unspecified atom stereocenters. The van der Waals surface area contributed by atoms with E-state index in [4.69, 9.17) is 0 Å². The number of rotatable bonds is 5. The number of hydrogen-bond donors (Lipinski definition) is 2. The Hall–Kier alpha value is -3.45. The van der Waals surface area contributed by atoms with Crippen molar-refractivity contribution < 1.29 is 9.59 Å². The van der Waals surface area contributed by atoms with Gasteiger partial charge in [-0.15, -0.1) is 11.3 Å². The number of hydrogen-bond acceptors (Lipinski definition) is 4. The molecule has 0 fully saturated rings. The van der Waals surface area contributed by atoms with Crippen molar-refractivity contribution in [2.24, 2.45) is 0 Å². The summed E-state index contributed by atoms with van der Waals surface area (Å²) in [5, 5.41) is 7.39. The summed E-state index contributed by atoms with van der Waals surface area (Å²) in [7, 11) is 0. The average Bonchev–Trinajstić information content (AvgIpc) is 3.29. The van der Waals surface area contributed by atoms with E-state index in [2.05, 4.69) is 15.6 Å². The van der Waals surface area contributed by atoms with Crippen LogP contribution in [0.2, 0.25) is 0 Å². The van der Waals surface area contributed by atoms with Gasteiger partial charge in [-0.3, -0.25) is 14.0 Å². The van der Waals surface area contributed by atoms with Crippen LogP contribution in [0.15, 0.2) is 66.3 Å². The number of benzene rings is 2. The molecule has 0 spiro atoms. The van der Waals surface area contributed by atoms with Crippen molar-refractivity contribution in [1.82, 2.24) is 14.7 Å². The zero-order valence-corrected chi connectivity index (χ0v) is 16.0. The maximum absolute atomic E-state index is 12.1. The zero-order valence-electron chi connectivity index (χ0n) is 15.2. The Kier molecular flexibility index (Phi) is 4.90. The number of imidazole rings is 1. The molecule has 0 aliphatic heterocycles. The maximum atomic E-state index is 12.1. The number of nitrogens with one attached hydrogen (secondary N) is 2. The van der Waals surface area contributed by atoms with Gasteiger partial charge in [0.1, 0.15) is 0 Å². The normalized spacial score (nSPS) is 10.8. The fourth-order valence-corrected chi connectivity index (χ4v) is 3.46. The first kappa shape index (κ1) is 17.9. The fraction of sp³-hybridized carbons (Fsp3) is 0.0952. The molecule has 0 aliphatic carbocycles. The van der Waals surface area contributed by atoms with Crippen LogP contribution in [0.4, 0.5) is 5.69 Å². The van der Waals surface area contributed by atoms with Gasteiger partial charge in [-0.1, -0.05) is 29.8 Å². The molecule has 0 saturated carbocycles. The standard InChI is InChI=1S/C21H18N4O2S/c1-14-2-4-16(5-3-14)20(27)22-12-19(26)23-17-8-6-15(7-9-17)18-13-25-10-11-28-21(25)24-18/h2-11,13H,12H2,1H3,(H,22,27)(H,23,26). The van der Waals surface area contributed by atoms with Crippen LogP contribution in [0.3, 0.4) is 0 Å². The first-order chi connectivity index (χ1) is 13.6. The van der Waals surface area contributed by atoms with Crippen molar-refractivity contribution in [1.29, 1.82) is 0 Å². The molecule has 2 amide bonds. The van der Waals surface area contributed by atoms with Gasteiger partial charge in [-0.25, -0.2) is 4.98 Å². The van der Waals surface area contributed by atoms with Crippen molar-refractivity contribution >= 4 is 33.8 Å². The van der Waals surface area contributed by atoms with E-state index >= 15 is 0 Å². The zero-order chi connectivity index (χ0) is 19.5. The van der Waals surface area contributed by atoms with Gasteiger partial charge in [0.05, 0.1) is 12.2 Å². The molecular weight excluding hydrogens is 372 g/mol. The maximum Gasteiger partial charge on any atom is 0.251 e. The summed E-state index contributed by atoms with van der Waals surface area (Å²) >= 11 is 1.58. The second kappa shape index (κ2) is 7.66. The van der Waals surface area contributed by atoms with E-state index in [1.165, 1.54) is 0 Å². The minimum atomic E-state index is -0.282. The first-order valence-corrected chi connectivity index (χ1v) is 9.64. The largest absolute Gasteiger partial charge is 0.343 e. The highest BCUT2D eigenvalue weighted by Crippen LogP contribution is 2.23. The lowest BCUT2D eigenvalue weighted by atomic mass is 10.1. The van der Waals surface area contributed by atoms with Crippen molar-refractivity contribution in [3.05, 3.63) is 77.4 Å². The van der Waals surface area contributed by atoms with Gasteiger partial charge in [0, 0.05) is 34.6 Å². The summed E-state index contributed by atoms with van der Waals surface area (Å²) < 4.78 is 1.98. The summed E-state index contributed by atoms with van der Waals surface area (Å²) in [6.45, 7) is 1.86. The van der Waals surface area contributed by atoms with E-state index in [9.17, 15) is 9.59 Å². The third kappa shape index (κ3) is 3.94. The molecule has 0 saturated heterocycles. The van der Waals surface area contributed by atoms with Gasteiger partial charge in [0.15, 0.2) is 4.96 Å². The Morgan fingerprint density at radius 2 is 1.82 bits per heavy atom. The van der Waals surface area contributed by atoms with Crippen LogP contribution in [-0.4, -0.2) is 27.7 Å². The third-order valence-corrected chi connectivity index (χ3v) is 5.05. The van der Waals surface area contributed by atoms with Gasteiger partial charge in [-0.2, -0.15) is 0 Å². The highest BCUT2D eigenvalue weighted by atomic mass is 32.1. The molecule has 2 aromatic heterocycles. The molecular formula is C21H18N4O2S. The third-order valence-electron chi connectivity index (χ3n) is 4.28. The molecule has 0 radical (unpaired) electrons. The number of thiazole rings is 1. The quantitative estimate of drug-likeness (QED) is 0.545. The Bertz CT molecular complexity index is 1100. The Balaban J connectivity index is 1.33. The highest BCUT2D eigenvalue weighted by Gasteiger charge is 2.09. The van der Waals surface area contributed by atoms with Crippen LogP contribution in [0.25, 0.3) is 16.2 Å². The molecule has 4 rings (SSSR count). The van der Waals surface area contributed by atoms with E-state index in [0.29, 0.717) is 11.3 Å². The van der Waals surface area contributed by atoms with E-state index in [1.807, 2.05) is 65.5 Å². The van der Waals surface area contributed by atoms with E-state index in [1.54, 1.807) is 23.5 Å². The van der Waals surface area contributed by atoms with Gasteiger partial charge < -0.3 is 10.6 Å². The summed E-state index contributed by atoms with van der Waals surface area (Å²) in [6.07, 6.45) is 3.94. The minimum absolute atomic E-state index is 0.0915. The highest BCUT2D eigenvalue weighted by molar-refractivity contribution is 7.15. The van der Waals surface area contributed by atoms with Gasteiger partial charge >= 0.3 is 0 Å². The number of aromatic nitrogens is 2. The molecule has 7 heteroatoms. The molecule has 2 aromatic carbocycles. The van der Waals surface area contributed by atoms with Crippen molar-refractivity contribution in [2.45, 2.75) is 6.92 Å². The van der Waals surface area contributed by atoms with E-state index in [-0.39, 0.29) is 18.4 Å². The fourth-order valence-electron chi connectivity index (χ4n) is 2.76. The Morgan fingerprint density at radius 1 is 1.07 bits per heavy atom. The topological polar surface area (TPSA) is 75.5 Å². The van der Waals surface area contributed by atoms with Crippen LogP contribution >= 0.6 is 11.3 Å². The summed E-state index contributed by atoms with van der Waals surface area (Å²) in [4.78, 5) is 29.7.